The van der Waals surface area contributed by atoms with Crippen molar-refractivity contribution in [2.45, 2.75) is 0 Å². The van der Waals surface area contributed by atoms with E-state index in [4.69, 9.17) is 4.42 Å². The van der Waals surface area contributed by atoms with Crippen LogP contribution in [0.2, 0.25) is 0 Å². The Morgan fingerprint density at radius 2 is 1.85 bits per heavy atom. The standard InChI is InChI=1S/C17H11FN2O6/c18-10-1-2-14-11(5-10)15(23)9(7-26-14)6-19-20-17(25)8-3-12(21)16(24)13(22)4-8/h1-7,21-22,24H,(H,20,25)/b19-6+. The zero-order chi connectivity index (χ0) is 18.8. The summed E-state index contributed by atoms with van der Waals surface area (Å²) < 4.78 is 18.5. The molecule has 0 spiro atoms. The molecule has 0 saturated heterocycles. The minimum Gasteiger partial charge on any atom is -0.504 e. The summed E-state index contributed by atoms with van der Waals surface area (Å²) in [5.74, 6) is -3.54. The number of phenols is 3. The third-order valence-electron chi connectivity index (χ3n) is 3.46. The van der Waals surface area contributed by atoms with Crippen LogP contribution in [0.5, 0.6) is 17.2 Å². The molecule has 0 aliphatic rings. The molecule has 0 radical (unpaired) electrons. The predicted octanol–water partition coefficient (Wildman–Crippen LogP) is 1.81. The second-order valence-corrected chi connectivity index (χ2v) is 5.22. The molecular formula is C17H11FN2O6. The lowest BCUT2D eigenvalue weighted by Crippen LogP contribution is -2.18. The second kappa shape index (κ2) is 6.55. The van der Waals surface area contributed by atoms with E-state index in [9.17, 15) is 29.3 Å². The zero-order valence-electron chi connectivity index (χ0n) is 12.9. The molecule has 3 rings (SSSR count). The fourth-order valence-corrected chi connectivity index (χ4v) is 2.17. The summed E-state index contributed by atoms with van der Waals surface area (Å²) in [5.41, 5.74) is 1.54. The molecule has 0 bridgehead atoms. The Hall–Kier alpha value is -3.88. The van der Waals surface area contributed by atoms with Gasteiger partial charge in [-0.2, -0.15) is 5.10 Å². The number of nitrogens with zero attached hydrogens (tertiary/aromatic N) is 1. The lowest BCUT2D eigenvalue weighted by atomic mass is 10.2. The first-order valence-electron chi connectivity index (χ1n) is 7.16. The van der Waals surface area contributed by atoms with Gasteiger partial charge in [0.2, 0.25) is 5.43 Å². The Morgan fingerprint density at radius 1 is 1.15 bits per heavy atom. The van der Waals surface area contributed by atoms with Gasteiger partial charge in [-0.1, -0.05) is 0 Å². The SMILES string of the molecule is O=C(N/N=C/c1coc2ccc(F)cc2c1=O)c1cc(O)c(O)c(O)c1. The predicted molar refractivity (Wildman–Crippen MR) is 88.9 cm³/mol. The van der Waals surface area contributed by atoms with Crippen LogP contribution in [0.3, 0.4) is 0 Å². The monoisotopic (exact) mass is 358 g/mol. The average molecular weight is 358 g/mol. The molecule has 132 valence electrons. The number of fused-ring (bicyclic) bond motifs is 1. The van der Waals surface area contributed by atoms with Crippen molar-refractivity contribution in [2.75, 3.05) is 0 Å². The Labute approximate surface area is 144 Å². The van der Waals surface area contributed by atoms with E-state index in [0.29, 0.717) is 0 Å². The smallest absolute Gasteiger partial charge is 0.271 e. The van der Waals surface area contributed by atoms with Crippen molar-refractivity contribution in [3.05, 3.63) is 63.8 Å². The van der Waals surface area contributed by atoms with Crippen molar-refractivity contribution in [1.82, 2.24) is 5.43 Å². The fraction of sp³-hybridized carbons (Fsp3) is 0. The topological polar surface area (TPSA) is 132 Å². The van der Waals surface area contributed by atoms with Crippen LogP contribution in [0.1, 0.15) is 15.9 Å². The van der Waals surface area contributed by atoms with E-state index in [2.05, 4.69) is 10.5 Å². The summed E-state index contributed by atoms with van der Waals surface area (Å²) in [5, 5.41) is 31.6. The summed E-state index contributed by atoms with van der Waals surface area (Å²) in [7, 11) is 0. The normalized spacial score (nSPS) is 11.1. The summed E-state index contributed by atoms with van der Waals surface area (Å²) in [4.78, 5) is 24.1. The zero-order valence-corrected chi connectivity index (χ0v) is 12.9. The molecule has 0 aliphatic heterocycles. The quantitative estimate of drug-likeness (QED) is 0.321. The first-order valence-corrected chi connectivity index (χ1v) is 7.16. The summed E-state index contributed by atoms with van der Waals surface area (Å²) in [6.45, 7) is 0. The molecule has 8 nitrogen and oxygen atoms in total. The van der Waals surface area contributed by atoms with Crippen molar-refractivity contribution in [1.29, 1.82) is 0 Å². The number of hydrogen-bond donors (Lipinski definition) is 4. The molecule has 4 N–H and O–H groups in total. The molecule has 9 heteroatoms. The molecule has 0 saturated carbocycles. The van der Waals surface area contributed by atoms with Gasteiger partial charge in [0, 0.05) is 5.56 Å². The molecule has 2 aromatic carbocycles. The van der Waals surface area contributed by atoms with E-state index in [0.717, 1.165) is 36.7 Å². The van der Waals surface area contributed by atoms with Gasteiger partial charge in [0.05, 0.1) is 17.2 Å². The van der Waals surface area contributed by atoms with Gasteiger partial charge in [-0.05, 0) is 30.3 Å². The number of rotatable bonds is 3. The summed E-state index contributed by atoms with van der Waals surface area (Å²) in [6, 6.07) is 5.35. The van der Waals surface area contributed by atoms with Gasteiger partial charge < -0.3 is 19.7 Å². The van der Waals surface area contributed by atoms with Crippen LogP contribution in [-0.4, -0.2) is 27.4 Å². The third-order valence-corrected chi connectivity index (χ3v) is 3.46. The molecule has 26 heavy (non-hydrogen) atoms. The maximum atomic E-state index is 13.3. The van der Waals surface area contributed by atoms with Crippen molar-refractivity contribution >= 4 is 23.1 Å². The van der Waals surface area contributed by atoms with Crippen molar-refractivity contribution < 1.29 is 28.9 Å². The van der Waals surface area contributed by atoms with Crippen LogP contribution in [0.4, 0.5) is 4.39 Å². The van der Waals surface area contributed by atoms with Crippen LogP contribution in [0.15, 0.2) is 50.9 Å². The third kappa shape index (κ3) is 3.18. The highest BCUT2D eigenvalue weighted by molar-refractivity contribution is 5.96. The largest absolute Gasteiger partial charge is 0.504 e. The van der Waals surface area contributed by atoms with Gasteiger partial charge in [-0.25, -0.2) is 9.82 Å². The molecule has 3 aromatic rings. The number of aromatic hydroxyl groups is 3. The van der Waals surface area contributed by atoms with E-state index in [1.807, 2.05) is 0 Å². The molecular weight excluding hydrogens is 347 g/mol. The average Bonchev–Trinajstić information content (AvgIpc) is 2.61. The van der Waals surface area contributed by atoms with Crippen LogP contribution in [-0.2, 0) is 0 Å². The number of carbonyl (C=O) groups is 1. The second-order valence-electron chi connectivity index (χ2n) is 5.22. The Morgan fingerprint density at radius 3 is 2.54 bits per heavy atom. The highest BCUT2D eigenvalue weighted by Gasteiger charge is 2.13. The van der Waals surface area contributed by atoms with Crippen molar-refractivity contribution in [2.24, 2.45) is 5.10 Å². The van der Waals surface area contributed by atoms with E-state index in [1.165, 1.54) is 6.07 Å². The van der Waals surface area contributed by atoms with Crippen molar-refractivity contribution in [3.8, 4) is 17.2 Å². The lowest BCUT2D eigenvalue weighted by Gasteiger charge is -2.04. The number of nitrogens with one attached hydrogen (secondary N) is 1. The highest BCUT2D eigenvalue weighted by Crippen LogP contribution is 2.35. The number of hydrogen-bond acceptors (Lipinski definition) is 7. The van der Waals surface area contributed by atoms with Gasteiger partial charge in [-0.15, -0.1) is 0 Å². The number of phenolic OH excluding ortho intramolecular Hbond substituents is 3. The minimum atomic E-state index is -0.817. The lowest BCUT2D eigenvalue weighted by molar-refractivity contribution is 0.0954. The highest BCUT2D eigenvalue weighted by atomic mass is 19.1. The summed E-state index contributed by atoms with van der Waals surface area (Å²) in [6.07, 6.45) is 2.12. The van der Waals surface area contributed by atoms with Crippen LogP contribution >= 0.6 is 0 Å². The number of benzene rings is 2. The maximum absolute atomic E-state index is 13.3. The molecule has 1 aromatic heterocycles. The van der Waals surface area contributed by atoms with Crippen LogP contribution in [0.25, 0.3) is 11.0 Å². The molecule has 0 aliphatic carbocycles. The minimum absolute atomic E-state index is 0.0219. The molecule has 1 amide bonds. The van der Waals surface area contributed by atoms with Crippen LogP contribution in [0, 0.1) is 5.82 Å². The Balaban J connectivity index is 1.83. The van der Waals surface area contributed by atoms with Gasteiger partial charge >= 0.3 is 0 Å². The summed E-state index contributed by atoms with van der Waals surface area (Å²) >= 11 is 0. The Kier molecular flexibility index (Phi) is 4.27. The number of halogens is 1. The van der Waals surface area contributed by atoms with Gasteiger partial charge in [0.1, 0.15) is 17.7 Å². The number of hydrazone groups is 1. The number of amides is 1. The fourth-order valence-electron chi connectivity index (χ4n) is 2.17. The van der Waals surface area contributed by atoms with Crippen molar-refractivity contribution in [3.63, 3.8) is 0 Å². The maximum Gasteiger partial charge on any atom is 0.271 e. The molecule has 0 fully saturated rings. The van der Waals surface area contributed by atoms with E-state index >= 15 is 0 Å². The van der Waals surface area contributed by atoms with Crippen LogP contribution < -0.4 is 10.9 Å². The first-order chi connectivity index (χ1) is 12.4. The van der Waals surface area contributed by atoms with Gasteiger partial charge in [0.15, 0.2) is 17.2 Å². The van der Waals surface area contributed by atoms with Gasteiger partial charge in [-0.3, -0.25) is 9.59 Å². The number of carbonyl (C=O) groups excluding carboxylic acids is 1. The molecule has 0 atom stereocenters. The first kappa shape index (κ1) is 17.0. The Bertz CT molecular complexity index is 1080. The van der Waals surface area contributed by atoms with Gasteiger partial charge in [0.25, 0.3) is 5.91 Å². The van der Waals surface area contributed by atoms with E-state index in [-0.39, 0.29) is 22.1 Å². The molecule has 1 heterocycles. The van der Waals surface area contributed by atoms with E-state index in [1.54, 1.807) is 0 Å². The van der Waals surface area contributed by atoms with E-state index < -0.39 is 34.4 Å². The molecule has 0 unspecified atom stereocenters.